The van der Waals surface area contributed by atoms with E-state index < -0.39 is 10.0 Å². The van der Waals surface area contributed by atoms with E-state index >= 15 is 0 Å². The van der Waals surface area contributed by atoms with E-state index in [0.717, 1.165) is 5.56 Å². The van der Waals surface area contributed by atoms with E-state index in [0.29, 0.717) is 32.5 Å². The number of nitrogens with zero attached hydrogens (tertiary/aromatic N) is 3. The summed E-state index contributed by atoms with van der Waals surface area (Å²) >= 11 is 14.2. The smallest absolute Gasteiger partial charge is 0.240 e. The molecule has 0 spiro atoms. The van der Waals surface area contributed by atoms with Crippen molar-refractivity contribution >= 4 is 45.0 Å². The minimum Gasteiger partial charge on any atom is -0.271 e. The third-order valence-electron chi connectivity index (χ3n) is 5.92. The van der Waals surface area contributed by atoms with Crippen LogP contribution >= 0.6 is 35.0 Å². The first kappa shape index (κ1) is 27.7. The van der Waals surface area contributed by atoms with E-state index in [1.807, 2.05) is 24.3 Å². The lowest BCUT2D eigenvalue weighted by Gasteiger charge is -2.19. The quantitative estimate of drug-likeness (QED) is 0.230. The van der Waals surface area contributed by atoms with E-state index in [1.54, 1.807) is 34.9 Å². The van der Waals surface area contributed by atoms with Crippen LogP contribution in [0.25, 0.3) is 5.69 Å². The molecular formula is C27H28Cl2N4O2S2. The number of halogens is 2. The molecule has 0 saturated carbocycles. The monoisotopic (exact) mass is 574 g/mol. The first-order valence-corrected chi connectivity index (χ1v) is 14.9. The van der Waals surface area contributed by atoms with Gasteiger partial charge in [0.2, 0.25) is 10.0 Å². The normalized spacial score (nSPS) is 12.2. The molecule has 3 aromatic carbocycles. The number of hydrogen-bond donors (Lipinski definition) is 1. The highest BCUT2D eigenvalue weighted by Gasteiger charge is 2.21. The van der Waals surface area contributed by atoms with Crippen LogP contribution in [-0.2, 0) is 27.7 Å². The summed E-state index contributed by atoms with van der Waals surface area (Å²) in [7, 11) is -3.78. The van der Waals surface area contributed by atoms with Gasteiger partial charge < -0.3 is 0 Å². The second-order valence-corrected chi connectivity index (χ2v) is 13.2. The molecule has 0 aliphatic heterocycles. The summed E-state index contributed by atoms with van der Waals surface area (Å²) in [4.78, 5) is 0.185. The van der Waals surface area contributed by atoms with Gasteiger partial charge >= 0.3 is 0 Å². The summed E-state index contributed by atoms with van der Waals surface area (Å²) in [5, 5.41) is 10.2. The molecule has 0 atom stereocenters. The summed E-state index contributed by atoms with van der Waals surface area (Å²) < 4.78 is 30.6. The van der Waals surface area contributed by atoms with Crippen molar-refractivity contribution in [1.29, 1.82) is 0 Å². The van der Waals surface area contributed by atoms with Crippen molar-refractivity contribution in [2.45, 2.75) is 55.5 Å². The van der Waals surface area contributed by atoms with Crippen LogP contribution in [0, 0.1) is 6.92 Å². The van der Waals surface area contributed by atoms with Gasteiger partial charge in [0.05, 0.1) is 22.2 Å². The zero-order valence-corrected chi connectivity index (χ0v) is 24.1. The molecule has 0 aliphatic carbocycles. The van der Waals surface area contributed by atoms with Gasteiger partial charge in [0.1, 0.15) is 0 Å². The number of aromatic nitrogens is 3. The molecular weight excluding hydrogens is 547 g/mol. The molecule has 194 valence electrons. The Hall–Kier alpha value is -2.36. The lowest BCUT2D eigenvalue weighted by atomic mass is 9.87. The molecule has 0 unspecified atom stereocenters. The topological polar surface area (TPSA) is 76.9 Å². The highest BCUT2D eigenvalue weighted by Crippen LogP contribution is 2.31. The summed E-state index contributed by atoms with van der Waals surface area (Å²) in [6.45, 7) is 8.24. The molecule has 0 bridgehead atoms. The number of sulfonamides is 1. The molecule has 0 aliphatic rings. The first-order chi connectivity index (χ1) is 17.5. The van der Waals surface area contributed by atoms with Crippen LogP contribution in [0.2, 0.25) is 10.0 Å². The summed E-state index contributed by atoms with van der Waals surface area (Å²) in [6, 6.07) is 20.2. The Morgan fingerprint density at radius 1 is 0.973 bits per heavy atom. The zero-order chi connectivity index (χ0) is 26.8. The molecule has 10 heteroatoms. The van der Waals surface area contributed by atoms with Crippen molar-refractivity contribution in [2.24, 2.45) is 0 Å². The van der Waals surface area contributed by atoms with Crippen molar-refractivity contribution in [2.75, 3.05) is 0 Å². The third kappa shape index (κ3) is 6.56. The molecule has 37 heavy (non-hydrogen) atoms. The number of rotatable bonds is 8. The SMILES string of the molecule is Cc1ccccc1CSc1nnc(CNS(=O)(=O)c2ccc(C(C)(C)C)cc2)n1-c1ccc(Cl)cc1Cl. The predicted molar refractivity (Wildman–Crippen MR) is 151 cm³/mol. The van der Waals surface area contributed by atoms with Gasteiger partial charge in [-0.3, -0.25) is 4.57 Å². The first-order valence-electron chi connectivity index (χ1n) is 11.6. The van der Waals surface area contributed by atoms with Gasteiger partial charge in [-0.15, -0.1) is 10.2 Å². The van der Waals surface area contributed by atoms with Gasteiger partial charge in [-0.25, -0.2) is 13.1 Å². The van der Waals surface area contributed by atoms with Crippen LogP contribution in [0.1, 0.15) is 43.3 Å². The number of nitrogens with one attached hydrogen (secondary N) is 1. The van der Waals surface area contributed by atoms with Crippen LogP contribution in [-0.4, -0.2) is 23.2 Å². The second kappa shape index (κ2) is 11.2. The fourth-order valence-corrected chi connectivity index (χ4v) is 6.22. The Bertz CT molecular complexity index is 1510. The zero-order valence-electron chi connectivity index (χ0n) is 21.0. The maximum Gasteiger partial charge on any atom is 0.240 e. The lowest BCUT2D eigenvalue weighted by molar-refractivity contribution is 0.575. The number of hydrogen-bond acceptors (Lipinski definition) is 5. The molecule has 0 saturated heterocycles. The van der Waals surface area contributed by atoms with Gasteiger partial charge in [-0.05, 0) is 59.4 Å². The van der Waals surface area contributed by atoms with Crippen LogP contribution in [0.15, 0.2) is 76.8 Å². The van der Waals surface area contributed by atoms with Crippen molar-refractivity contribution in [3.8, 4) is 5.69 Å². The number of aryl methyl sites for hydroxylation is 1. The van der Waals surface area contributed by atoms with E-state index in [1.165, 1.54) is 22.9 Å². The Morgan fingerprint density at radius 3 is 2.32 bits per heavy atom. The van der Waals surface area contributed by atoms with Gasteiger partial charge in [0.25, 0.3) is 0 Å². The van der Waals surface area contributed by atoms with Crippen LogP contribution in [0.3, 0.4) is 0 Å². The molecule has 6 nitrogen and oxygen atoms in total. The van der Waals surface area contributed by atoms with Gasteiger partial charge in [0.15, 0.2) is 11.0 Å². The molecule has 0 amide bonds. The summed E-state index contributed by atoms with van der Waals surface area (Å²) in [5.74, 6) is 1.08. The predicted octanol–water partition coefficient (Wildman–Crippen LogP) is 6.95. The van der Waals surface area contributed by atoms with Gasteiger partial charge in [-0.1, -0.05) is 92.1 Å². The maximum absolute atomic E-state index is 13.1. The highest BCUT2D eigenvalue weighted by atomic mass is 35.5. The van der Waals surface area contributed by atoms with E-state index in [9.17, 15) is 8.42 Å². The van der Waals surface area contributed by atoms with Gasteiger partial charge in [0, 0.05) is 10.8 Å². The maximum atomic E-state index is 13.1. The molecule has 1 N–H and O–H groups in total. The fourth-order valence-electron chi connectivity index (χ4n) is 3.70. The van der Waals surface area contributed by atoms with E-state index in [-0.39, 0.29) is 16.9 Å². The molecule has 0 fully saturated rings. The van der Waals surface area contributed by atoms with E-state index in [4.69, 9.17) is 23.2 Å². The highest BCUT2D eigenvalue weighted by molar-refractivity contribution is 7.98. The minimum absolute atomic E-state index is 0.0692. The third-order valence-corrected chi connectivity index (χ3v) is 8.85. The van der Waals surface area contributed by atoms with Crippen molar-refractivity contribution in [3.63, 3.8) is 0 Å². The Labute approximate surface area is 232 Å². The molecule has 1 heterocycles. The van der Waals surface area contributed by atoms with Crippen LogP contribution in [0.4, 0.5) is 0 Å². The Balaban J connectivity index is 1.62. The summed E-state index contributed by atoms with van der Waals surface area (Å²) in [5.41, 5.74) is 3.95. The van der Waals surface area contributed by atoms with Crippen molar-refractivity contribution < 1.29 is 8.42 Å². The number of benzene rings is 3. The van der Waals surface area contributed by atoms with Crippen molar-refractivity contribution in [1.82, 2.24) is 19.5 Å². The Morgan fingerprint density at radius 2 is 1.68 bits per heavy atom. The average molecular weight is 576 g/mol. The van der Waals surface area contributed by atoms with Crippen molar-refractivity contribution in [3.05, 3.63) is 99.3 Å². The largest absolute Gasteiger partial charge is 0.271 e. The van der Waals surface area contributed by atoms with Crippen LogP contribution in [0.5, 0.6) is 0 Å². The van der Waals surface area contributed by atoms with E-state index in [2.05, 4.69) is 54.7 Å². The standard InChI is InChI=1S/C27H28Cl2N4O2S2/c1-18-7-5-6-8-19(18)17-36-26-32-31-25(33(26)24-14-11-21(28)15-23(24)29)16-30-37(34,35)22-12-9-20(10-13-22)27(2,3)4/h5-15,30H,16-17H2,1-4H3. The van der Waals surface area contributed by atoms with Gasteiger partial charge in [-0.2, -0.15) is 0 Å². The molecule has 0 radical (unpaired) electrons. The fraction of sp³-hybridized carbons (Fsp3) is 0.259. The van der Waals surface area contributed by atoms with Crippen LogP contribution < -0.4 is 4.72 Å². The minimum atomic E-state index is -3.78. The number of thioether (sulfide) groups is 1. The Kier molecular flexibility index (Phi) is 8.35. The molecule has 4 aromatic rings. The summed E-state index contributed by atoms with van der Waals surface area (Å²) in [6.07, 6.45) is 0. The molecule has 4 rings (SSSR count). The second-order valence-electron chi connectivity index (χ2n) is 9.64. The molecule has 1 aromatic heterocycles. The lowest BCUT2D eigenvalue weighted by Crippen LogP contribution is -2.25. The average Bonchev–Trinajstić information content (AvgIpc) is 3.24.